The van der Waals surface area contributed by atoms with Gasteiger partial charge in [0.05, 0.1) is 24.3 Å². The van der Waals surface area contributed by atoms with Gasteiger partial charge in [0.2, 0.25) is 0 Å². The Balaban J connectivity index is 1.32. The Bertz CT molecular complexity index is 1340. The number of anilines is 1. The molecule has 11 heteroatoms. The van der Waals surface area contributed by atoms with Gasteiger partial charge >= 0.3 is 6.18 Å². The van der Waals surface area contributed by atoms with Crippen LogP contribution in [0.3, 0.4) is 0 Å². The van der Waals surface area contributed by atoms with Gasteiger partial charge in [-0.3, -0.25) is 4.79 Å². The highest BCUT2D eigenvalue weighted by atomic mass is 19.4. The van der Waals surface area contributed by atoms with Crippen molar-refractivity contribution in [3.63, 3.8) is 0 Å². The van der Waals surface area contributed by atoms with Crippen LogP contribution in [0.1, 0.15) is 53.0 Å². The number of hydrogen-bond donors (Lipinski definition) is 1. The number of benzene rings is 1. The second kappa shape index (κ2) is 8.47. The number of fused-ring (bicyclic) bond motifs is 1. The number of aryl methyl sites for hydroxylation is 1. The topological polar surface area (TPSA) is 86.3 Å². The van der Waals surface area contributed by atoms with Gasteiger partial charge in [-0.05, 0) is 43.0 Å². The van der Waals surface area contributed by atoms with E-state index in [0.29, 0.717) is 21.6 Å². The molecular weight excluding hydrogens is 449 g/mol. The van der Waals surface area contributed by atoms with Crippen molar-refractivity contribution in [2.45, 2.75) is 45.0 Å². The van der Waals surface area contributed by atoms with Gasteiger partial charge in [-0.25, -0.2) is 14.2 Å². The molecule has 0 unspecified atom stereocenters. The first-order valence-corrected chi connectivity index (χ1v) is 10.8. The van der Waals surface area contributed by atoms with Crippen molar-refractivity contribution in [3.05, 3.63) is 71.4 Å². The van der Waals surface area contributed by atoms with Gasteiger partial charge in [0.1, 0.15) is 17.0 Å². The van der Waals surface area contributed by atoms with Gasteiger partial charge in [0.25, 0.3) is 5.91 Å². The standard InChI is InChI=1S/C23H21F3N6O2/c1-2-14-3-7-17(8-4-14)34-13-31-12-16(10-27-31)29-22(33)18-11-28-32-20(23(24,25)26)9-19(15-5-6-15)30-21(18)32/h3-4,7-12,15H,2,5-6,13H2,1H3,(H,29,33). The molecule has 1 saturated carbocycles. The van der Waals surface area contributed by atoms with E-state index in [1.807, 2.05) is 24.3 Å². The van der Waals surface area contributed by atoms with Crippen LogP contribution in [0.5, 0.6) is 5.75 Å². The zero-order chi connectivity index (χ0) is 23.9. The van der Waals surface area contributed by atoms with Gasteiger partial charge in [-0.2, -0.15) is 23.4 Å². The van der Waals surface area contributed by atoms with Crippen LogP contribution in [-0.2, 0) is 19.3 Å². The predicted molar refractivity (Wildman–Crippen MR) is 117 cm³/mol. The molecule has 34 heavy (non-hydrogen) atoms. The molecule has 4 aromatic rings. The Labute approximate surface area is 192 Å². The molecule has 1 aliphatic rings. The minimum atomic E-state index is -4.62. The number of aromatic nitrogens is 5. The van der Waals surface area contributed by atoms with Crippen molar-refractivity contribution < 1.29 is 22.7 Å². The number of halogens is 3. The van der Waals surface area contributed by atoms with E-state index in [2.05, 4.69) is 27.4 Å². The Morgan fingerprint density at radius 1 is 1.18 bits per heavy atom. The van der Waals surface area contributed by atoms with Crippen LogP contribution in [0.4, 0.5) is 18.9 Å². The van der Waals surface area contributed by atoms with Gasteiger partial charge in [-0.1, -0.05) is 19.1 Å². The fourth-order valence-corrected chi connectivity index (χ4v) is 3.59. The highest BCUT2D eigenvalue weighted by molar-refractivity contribution is 6.08. The third-order valence-electron chi connectivity index (χ3n) is 5.61. The van der Waals surface area contributed by atoms with Crippen LogP contribution in [0.2, 0.25) is 0 Å². The normalized spacial score (nSPS) is 13.9. The van der Waals surface area contributed by atoms with E-state index >= 15 is 0 Å². The third-order valence-corrected chi connectivity index (χ3v) is 5.61. The van der Waals surface area contributed by atoms with E-state index in [1.165, 1.54) is 16.4 Å². The van der Waals surface area contributed by atoms with Gasteiger partial charge in [0, 0.05) is 11.6 Å². The summed E-state index contributed by atoms with van der Waals surface area (Å²) in [6.07, 6.45) is 1.95. The molecule has 0 atom stereocenters. The van der Waals surface area contributed by atoms with E-state index in [0.717, 1.165) is 31.5 Å². The number of carbonyl (C=O) groups is 1. The minimum absolute atomic E-state index is 0.0201. The highest BCUT2D eigenvalue weighted by Gasteiger charge is 2.38. The lowest BCUT2D eigenvalue weighted by atomic mass is 10.2. The molecule has 0 spiro atoms. The SMILES string of the molecule is CCc1ccc(OCn2cc(NC(=O)c3cnn4c(C(F)(F)F)cc(C5CC5)nc34)cn2)cc1. The van der Waals surface area contributed by atoms with Crippen molar-refractivity contribution in [3.8, 4) is 5.75 Å². The second-order valence-corrected chi connectivity index (χ2v) is 8.13. The summed E-state index contributed by atoms with van der Waals surface area (Å²) in [6.45, 7) is 2.19. The molecule has 8 nitrogen and oxygen atoms in total. The fourth-order valence-electron chi connectivity index (χ4n) is 3.59. The van der Waals surface area contributed by atoms with Crippen molar-refractivity contribution in [2.24, 2.45) is 0 Å². The predicted octanol–water partition coefficient (Wildman–Crippen LogP) is 4.67. The van der Waals surface area contributed by atoms with Crippen LogP contribution >= 0.6 is 0 Å². The summed E-state index contributed by atoms with van der Waals surface area (Å²) in [5.74, 6) is 0.0372. The average molecular weight is 470 g/mol. The maximum Gasteiger partial charge on any atom is 0.433 e. The van der Waals surface area contributed by atoms with E-state index in [1.54, 1.807) is 6.20 Å². The van der Waals surface area contributed by atoms with Crippen LogP contribution in [0.25, 0.3) is 5.65 Å². The first-order chi connectivity index (χ1) is 16.3. The second-order valence-electron chi connectivity index (χ2n) is 8.13. The van der Waals surface area contributed by atoms with Crippen molar-refractivity contribution in [2.75, 3.05) is 5.32 Å². The Hall–Kier alpha value is -3.89. The number of alkyl halides is 3. The van der Waals surface area contributed by atoms with Crippen LogP contribution in [-0.4, -0.2) is 30.3 Å². The van der Waals surface area contributed by atoms with E-state index in [9.17, 15) is 18.0 Å². The van der Waals surface area contributed by atoms with Crippen LogP contribution < -0.4 is 10.1 Å². The fraction of sp³-hybridized carbons (Fsp3) is 0.304. The quantitative estimate of drug-likeness (QED) is 0.424. The summed E-state index contributed by atoms with van der Waals surface area (Å²) in [5.41, 5.74) is 0.768. The lowest BCUT2D eigenvalue weighted by molar-refractivity contribution is -0.142. The Morgan fingerprint density at radius 3 is 2.62 bits per heavy atom. The summed E-state index contributed by atoms with van der Waals surface area (Å²) in [7, 11) is 0. The largest absolute Gasteiger partial charge is 0.471 e. The average Bonchev–Trinajstić information content (AvgIpc) is 3.43. The minimum Gasteiger partial charge on any atom is -0.471 e. The molecular formula is C23H21F3N6O2. The number of ether oxygens (including phenoxy) is 1. The Morgan fingerprint density at radius 2 is 1.94 bits per heavy atom. The molecule has 0 aliphatic heterocycles. The molecule has 1 aliphatic carbocycles. The lowest BCUT2D eigenvalue weighted by Gasteiger charge is -2.11. The molecule has 1 amide bonds. The lowest BCUT2D eigenvalue weighted by Crippen LogP contribution is -2.16. The monoisotopic (exact) mass is 470 g/mol. The maximum absolute atomic E-state index is 13.6. The summed E-state index contributed by atoms with van der Waals surface area (Å²) < 4.78 is 48.5. The molecule has 5 rings (SSSR count). The summed E-state index contributed by atoms with van der Waals surface area (Å²) >= 11 is 0. The molecule has 3 aromatic heterocycles. The molecule has 1 aromatic carbocycles. The van der Waals surface area contributed by atoms with Crippen molar-refractivity contribution in [1.29, 1.82) is 0 Å². The highest BCUT2D eigenvalue weighted by Crippen LogP contribution is 2.41. The van der Waals surface area contributed by atoms with Crippen molar-refractivity contribution in [1.82, 2.24) is 24.4 Å². The van der Waals surface area contributed by atoms with Gasteiger partial charge in [-0.15, -0.1) is 0 Å². The first kappa shape index (κ1) is 21.9. The van der Waals surface area contributed by atoms with Crippen LogP contribution in [0, 0.1) is 0 Å². The molecule has 0 bridgehead atoms. The molecule has 1 N–H and O–H groups in total. The Kier molecular flexibility index (Phi) is 5.46. The van der Waals surface area contributed by atoms with Gasteiger partial charge < -0.3 is 10.1 Å². The van der Waals surface area contributed by atoms with Crippen molar-refractivity contribution >= 4 is 17.2 Å². The third kappa shape index (κ3) is 4.45. The molecule has 0 radical (unpaired) electrons. The number of nitrogens with zero attached hydrogens (tertiary/aromatic N) is 5. The first-order valence-electron chi connectivity index (χ1n) is 10.8. The zero-order valence-corrected chi connectivity index (χ0v) is 18.2. The smallest absolute Gasteiger partial charge is 0.433 e. The van der Waals surface area contributed by atoms with E-state index in [4.69, 9.17) is 4.74 Å². The number of carbonyl (C=O) groups excluding carboxylic acids is 1. The van der Waals surface area contributed by atoms with Crippen LogP contribution in [0.15, 0.2) is 48.9 Å². The number of hydrogen-bond acceptors (Lipinski definition) is 5. The molecule has 1 fully saturated rings. The van der Waals surface area contributed by atoms with E-state index < -0.39 is 17.8 Å². The molecule has 3 heterocycles. The zero-order valence-electron chi connectivity index (χ0n) is 18.2. The summed E-state index contributed by atoms with van der Waals surface area (Å²) in [4.78, 5) is 17.2. The maximum atomic E-state index is 13.6. The summed E-state index contributed by atoms with van der Waals surface area (Å²) in [5, 5.41) is 10.6. The molecule has 176 valence electrons. The number of nitrogens with one attached hydrogen (secondary N) is 1. The summed E-state index contributed by atoms with van der Waals surface area (Å²) in [6, 6.07) is 8.71. The number of rotatable bonds is 7. The van der Waals surface area contributed by atoms with E-state index in [-0.39, 0.29) is 23.9 Å². The molecule has 0 saturated heterocycles. The number of amides is 1. The van der Waals surface area contributed by atoms with Gasteiger partial charge in [0.15, 0.2) is 12.4 Å².